The normalized spacial score (nSPS) is 17.5. The Hall–Kier alpha value is -1.17. The van der Waals surface area contributed by atoms with Crippen molar-refractivity contribution >= 4 is 5.82 Å². The molecule has 1 saturated heterocycles. The first-order valence-electron chi connectivity index (χ1n) is 6.97. The van der Waals surface area contributed by atoms with Crippen LogP contribution in [0.3, 0.4) is 0 Å². The van der Waals surface area contributed by atoms with Gasteiger partial charge in [-0.05, 0) is 17.5 Å². The van der Waals surface area contributed by atoms with E-state index in [1.807, 2.05) is 6.20 Å². The molecule has 106 valence electrons. The summed E-state index contributed by atoms with van der Waals surface area (Å²) in [5.41, 5.74) is 2.20. The maximum atomic E-state index is 9.50. The van der Waals surface area contributed by atoms with Gasteiger partial charge in [-0.2, -0.15) is 0 Å². The molecule has 1 fully saturated rings. The fourth-order valence-electron chi connectivity index (χ4n) is 2.42. The third kappa shape index (κ3) is 3.65. The van der Waals surface area contributed by atoms with E-state index in [1.165, 1.54) is 5.56 Å². The number of nitrogens with zero attached hydrogens (tertiary/aromatic N) is 2. The molecule has 0 saturated carbocycles. The van der Waals surface area contributed by atoms with Gasteiger partial charge in [-0.3, -0.25) is 0 Å². The second-order valence-electron chi connectivity index (χ2n) is 4.96. The van der Waals surface area contributed by atoms with Crippen LogP contribution in [0.2, 0.25) is 0 Å². The third-order valence-electron chi connectivity index (χ3n) is 3.48. The molecule has 19 heavy (non-hydrogen) atoms. The molecule has 0 aromatic carbocycles. The van der Waals surface area contributed by atoms with Crippen LogP contribution in [0.4, 0.5) is 5.82 Å². The monoisotopic (exact) mass is 265 g/mol. The van der Waals surface area contributed by atoms with Gasteiger partial charge in [-0.15, -0.1) is 0 Å². The van der Waals surface area contributed by atoms with Crippen LogP contribution >= 0.6 is 0 Å². The van der Waals surface area contributed by atoms with Crippen molar-refractivity contribution < 1.29 is 10.2 Å². The van der Waals surface area contributed by atoms with Crippen LogP contribution in [0.15, 0.2) is 12.3 Å². The maximum absolute atomic E-state index is 9.50. The Morgan fingerprint density at radius 3 is 2.79 bits per heavy atom. The predicted molar refractivity (Wildman–Crippen MR) is 75.5 cm³/mol. The number of aliphatic hydroxyl groups is 2. The molecule has 5 heteroatoms. The van der Waals surface area contributed by atoms with E-state index in [0.717, 1.165) is 44.0 Å². The number of nitrogens with one attached hydrogen (secondary N) is 1. The molecule has 1 aliphatic heterocycles. The van der Waals surface area contributed by atoms with Gasteiger partial charge in [0.1, 0.15) is 5.82 Å². The van der Waals surface area contributed by atoms with Crippen molar-refractivity contribution in [3.8, 4) is 0 Å². The number of hydrogen-bond acceptors (Lipinski definition) is 5. The van der Waals surface area contributed by atoms with Crippen LogP contribution in [0.5, 0.6) is 0 Å². The molecule has 1 aromatic rings. The van der Waals surface area contributed by atoms with Crippen LogP contribution in [0.1, 0.15) is 18.1 Å². The smallest absolute Gasteiger partial charge is 0.131 e. The van der Waals surface area contributed by atoms with Gasteiger partial charge in [0.05, 0.1) is 12.7 Å². The Balaban J connectivity index is 2.15. The molecular formula is C14H23N3O2. The Morgan fingerprint density at radius 2 is 2.16 bits per heavy atom. The average Bonchev–Trinajstić information content (AvgIpc) is 2.47. The van der Waals surface area contributed by atoms with Crippen molar-refractivity contribution in [3.63, 3.8) is 0 Å². The fourth-order valence-corrected chi connectivity index (χ4v) is 2.42. The number of aliphatic hydroxyl groups excluding tert-OH is 2. The van der Waals surface area contributed by atoms with E-state index < -0.39 is 6.10 Å². The van der Waals surface area contributed by atoms with Gasteiger partial charge < -0.3 is 20.4 Å². The zero-order valence-corrected chi connectivity index (χ0v) is 11.5. The number of anilines is 1. The lowest BCUT2D eigenvalue weighted by atomic mass is 10.1. The SMILES string of the molecule is CCc1cc(CC(O)CO)cnc1N1CCNCC1. The lowest BCUT2D eigenvalue weighted by molar-refractivity contribution is 0.0954. The number of piperazine rings is 1. The minimum Gasteiger partial charge on any atom is -0.394 e. The molecule has 1 atom stereocenters. The van der Waals surface area contributed by atoms with Crippen molar-refractivity contribution in [1.82, 2.24) is 10.3 Å². The first-order valence-corrected chi connectivity index (χ1v) is 6.97. The van der Waals surface area contributed by atoms with E-state index in [4.69, 9.17) is 5.11 Å². The maximum Gasteiger partial charge on any atom is 0.131 e. The number of aryl methyl sites for hydroxylation is 1. The van der Waals surface area contributed by atoms with Crippen LogP contribution in [0.25, 0.3) is 0 Å². The van der Waals surface area contributed by atoms with Gasteiger partial charge in [0.25, 0.3) is 0 Å². The number of pyridine rings is 1. The minimum atomic E-state index is -0.698. The standard InChI is InChI=1S/C14H23N3O2/c1-2-12-7-11(8-13(19)10-18)9-16-14(12)17-5-3-15-4-6-17/h7,9,13,15,18-19H,2-6,8,10H2,1H3. The quantitative estimate of drug-likeness (QED) is 0.696. The van der Waals surface area contributed by atoms with Gasteiger partial charge in [-0.25, -0.2) is 4.98 Å². The van der Waals surface area contributed by atoms with E-state index in [0.29, 0.717) is 6.42 Å². The summed E-state index contributed by atoms with van der Waals surface area (Å²) in [4.78, 5) is 6.87. The highest BCUT2D eigenvalue weighted by atomic mass is 16.3. The molecule has 3 N–H and O–H groups in total. The van der Waals surface area contributed by atoms with Crippen molar-refractivity contribution in [2.75, 3.05) is 37.7 Å². The molecule has 0 aliphatic carbocycles. The number of aromatic nitrogens is 1. The summed E-state index contributed by atoms with van der Waals surface area (Å²) in [6.07, 6.45) is 2.50. The van der Waals surface area contributed by atoms with Crippen molar-refractivity contribution in [2.24, 2.45) is 0 Å². The molecule has 5 nitrogen and oxygen atoms in total. The summed E-state index contributed by atoms with van der Waals surface area (Å²) in [5.74, 6) is 1.06. The third-order valence-corrected chi connectivity index (χ3v) is 3.48. The van der Waals surface area contributed by atoms with E-state index >= 15 is 0 Å². The molecule has 2 heterocycles. The van der Waals surface area contributed by atoms with Gasteiger partial charge in [0.15, 0.2) is 0 Å². The van der Waals surface area contributed by atoms with Gasteiger partial charge in [0.2, 0.25) is 0 Å². The van der Waals surface area contributed by atoms with Crippen molar-refractivity contribution in [1.29, 1.82) is 0 Å². The average molecular weight is 265 g/mol. The van der Waals surface area contributed by atoms with Crippen LogP contribution < -0.4 is 10.2 Å². The highest BCUT2D eigenvalue weighted by Crippen LogP contribution is 2.20. The molecule has 0 bridgehead atoms. The molecule has 1 aromatic heterocycles. The number of rotatable bonds is 5. The zero-order valence-electron chi connectivity index (χ0n) is 11.5. The van der Waals surface area contributed by atoms with Gasteiger partial charge in [-0.1, -0.05) is 13.0 Å². The highest BCUT2D eigenvalue weighted by molar-refractivity contribution is 5.48. The van der Waals surface area contributed by atoms with Crippen LogP contribution in [-0.4, -0.2) is 54.1 Å². The van der Waals surface area contributed by atoms with E-state index in [1.54, 1.807) is 0 Å². The largest absolute Gasteiger partial charge is 0.394 e. The summed E-state index contributed by atoms with van der Waals surface area (Å²) < 4.78 is 0. The molecule has 0 radical (unpaired) electrons. The molecule has 0 spiro atoms. The van der Waals surface area contributed by atoms with Crippen molar-refractivity contribution in [3.05, 3.63) is 23.4 Å². The second kappa shape index (κ2) is 6.84. The van der Waals surface area contributed by atoms with Crippen LogP contribution in [0, 0.1) is 0 Å². The predicted octanol–water partition coefficient (Wildman–Crippen LogP) is -0.0507. The summed E-state index contributed by atoms with van der Waals surface area (Å²) in [6, 6.07) is 2.10. The van der Waals surface area contributed by atoms with E-state index in [-0.39, 0.29) is 6.61 Å². The van der Waals surface area contributed by atoms with Crippen molar-refractivity contribution in [2.45, 2.75) is 25.9 Å². The lowest BCUT2D eigenvalue weighted by Crippen LogP contribution is -2.44. The second-order valence-corrected chi connectivity index (χ2v) is 4.96. The molecule has 2 rings (SSSR count). The van der Waals surface area contributed by atoms with Crippen LogP contribution in [-0.2, 0) is 12.8 Å². The van der Waals surface area contributed by atoms with Gasteiger partial charge in [0, 0.05) is 38.8 Å². The zero-order chi connectivity index (χ0) is 13.7. The molecule has 0 amide bonds. The minimum absolute atomic E-state index is 0.207. The fraction of sp³-hybridized carbons (Fsp3) is 0.643. The van der Waals surface area contributed by atoms with E-state index in [9.17, 15) is 5.11 Å². The summed E-state index contributed by atoms with van der Waals surface area (Å²) >= 11 is 0. The first-order chi connectivity index (χ1) is 9.24. The summed E-state index contributed by atoms with van der Waals surface area (Å²) in [6.45, 7) is 5.87. The molecular weight excluding hydrogens is 242 g/mol. The lowest BCUT2D eigenvalue weighted by Gasteiger charge is -2.30. The Bertz CT molecular complexity index is 406. The summed E-state index contributed by atoms with van der Waals surface area (Å²) in [7, 11) is 0. The Kier molecular flexibility index (Phi) is 5.13. The van der Waals surface area contributed by atoms with Gasteiger partial charge >= 0.3 is 0 Å². The Morgan fingerprint density at radius 1 is 1.42 bits per heavy atom. The number of hydrogen-bond donors (Lipinski definition) is 3. The summed E-state index contributed by atoms with van der Waals surface area (Å²) in [5, 5.41) is 21.7. The Labute approximate surface area is 114 Å². The molecule has 1 aliphatic rings. The highest BCUT2D eigenvalue weighted by Gasteiger charge is 2.15. The first kappa shape index (κ1) is 14.2. The molecule has 1 unspecified atom stereocenters. The van der Waals surface area contributed by atoms with E-state index in [2.05, 4.69) is 28.2 Å². The topological polar surface area (TPSA) is 68.6 Å².